The number of hydrogen-bond donors (Lipinski definition) is 1. The second kappa shape index (κ2) is 8.89. The monoisotopic (exact) mass is 446 g/mol. The Morgan fingerprint density at radius 2 is 1.94 bits per heavy atom. The van der Waals surface area contributed by atoms with Crippen LogP contribution in [0.15, 0.2) is 53.3 Å². The van der Waals surface area contributed by atoms with E-state index < -0.39 is 35.6 Å². The van der Waals surface area contributed by atoms with Crippen molar-refractivity contribution in [1.82, 2.24) is 9.78 Å². The lowest BCUT2D eigenvalue weighted by molar-refractivity contribution is -0.153. The van der Waals surface area contributed by atoms with Crippen molar-refractivity contribution in [2.75, 3.05) is 11.9 Å². The first-order valence-corrected chi connectivity index (χ1v) is 9.00. The van der Waals surface area contributed by atoms with E-state index in [1.54, 1.807) is 12.1 Å². The van der Waals surface area contributed by atoms with E-state index in [9.17, 15) is 27.2 Å². The molecule has 0 spiro atoms. The number of carbonyl (C=O) groups excluding carboxylic acids is 1. The molecule has 1 N–H and O–H groups in total. The lowest BCUT2D eigenvalue weighted by Gasteiger charge is -2.13. The van der Waals surface area contributed by atoms with E-state index in [1.165, 1.54) is 31.2 Å². The molecule has 0 unspecified atom stereocenters. The number of aromatic nitrogens is 2. The molecular formula is C21H14F4N4O3. The summed E-state index contributed by atoms with van der Waals surface area (Å²) in [5, 5.41) is 15.5. The first-order valence-electron chi connectivity index (χ1n) is 9.00. The van der Waals surface area contributed by atoms with Crippen molar-refractivity contribution in [2.45, 2.75) is 13.1 Å². The summed E-state index contributed by atoms with van der Waals surface area (Å²) in [5.41, 5.74) is -1.20. The zero-order valence-corrected chi connectivity index (χ0v) is 16.4. The molecule has 1 amide bonds. The molecule has 0 saturated carbocycles. The molecule has 7 nitrogen and oxygen atoms in total. The highest BCUT2D eigenvalue weighted by Crippen LogP contribution is 2.25. The summed E-state index contributed by atoms with van der Waals surface area (Å²) in [5.74, 6) is -1.89. The van der Waals surface area contributed by atoms with Crippen molar-refractivity contribution in [3.8, 4) is 17.5 Å². The molecule has 0 aliphatic carbocycles. The minimum atomic E-state index is -4.59. The SMILES string of the molecule is Cc1cc(=O)c(C(=O)Nc2ccc(OCC(F)(F)F)c(C#N)c2)nn1-c1ccccc1F. The van der Waals surface area contributed by atoms with Gasteiger partial charge in [0.05, 0.1) is 5.56 Å². The predicted molar refractivity (Wildman–Crippen MR) is 105 cm³/mol. The molecule has 2 aromatic carbocycles. The van der Waals surface area contributed by atoms with Crippen molar-refractivity contribution in [1.29, 1.82) is 5.26 Å². The molecule has 3 rings (SSSR count). The lowest BCUT2D eigenvalue weighted by atomic mass is 10.2. The van der Waals surface area contributed by atoms with Crippen molar-refractivity contribution in [3.63, 3.8) is 0 Å². The van der Waals surface area contributed by atoms with Crippen LogP contribution < -0.4 is 15.5 Å². The van der Waals surface area contributed by atoms with Gasteiger partial charge in [-0.2, -0.15) is 23.5 Å². The van der Waals surface area contributed by atoms with Gasteiger partial charge in [-0.05, 0) is 37.3 Å². The second-order valence-corrected chi connectivity index (χ2v) is 6.54. The van der Waals surface area contributed by atoms with Gasteiger partial charge in [-0.1, -0.05) is 12.1 Å². The number of alkyl halides is 3. The summed E-state index contributed by atoms with van der Waals surface area (Å²) in [6.45, 7) is -0.0718. The number of anilines is 1. The fourth-order valence-electron chi connectivity index (χ4n) is 2.74. The van der Waals surface area contributed by atoms with Gasteiger partial charge in [0.2, 0.25) is 5.43 Å². The van der Waals surface area contributed by atoms with Crippen LogP contribution in [0.5, 0.6) is 5.75 Å². The molecule has 0 atom stereocenters. The van der Waals surface area contributed by atoms with Gasteiger partial charge in [0, 0.05) is 17.4 Å². The van der Waals surface area contributed by atoms with Crippen LogP contribution in [0.3, 0.4) is 0 Å². The Bertz CT molecular complexity index is 1280. The largest absolute Gasteiger partial charge is 0.483 e. The Balaban J connectivity index is 1.89. The summed E-state index contributed by atoms with van der Waals surface area (Å²) in [7, 11) is 0. The average Bonchev–Trinajstić information content (AvgIpc) is 2.73. The summed E-state index contributed by atoms with van der Waals surface area (Å²) < 4.78 is 56.8. The number of para-hydroxylation sites is 1. The first kappa shape index (κ1) is 22.5. The van der Waals surface area contributed by atoms with Gasteiger partial charge in [-0.15, -0.1) is 0 Å². The Morgan fingerprint density at radius 3 is 2.59 bits per heavy atom. The molecule has 11 heteroatoms. The minimum absolute atomic E-state index is 0.0186. The van der Waals surface area contributed by atoms with Gasteiger partial charge in [0.25, 0.3) is 5.91 Å². The molecule has 32 heavy (non-hydrogen) atoms. The summed E-state index contributed by atoms with van der Waals surface area (Å²) in [6, 6.07) is 11.8. The molecule has 0 fully saturated rings. The van der Waals surface area contributed by atoms with Gasteiger partial charge in [0.15, 0.2) is 12.3 Å². The van der Waals surface area contributed by atoms with E-state index in [-0.39, 0.29) is 28.4 Å². The number of rotatable bonds is 5. The molecular weight excluding hydrogens is 432 g/mol. The second-order valence-electron chi connectivity index (χ2n) is 6.54. The van der Waals surface area contributed by atoms with Crippen LogP contribution in [0, 0.1) is 24.1 Å². The molecule has 0 saturated heterocycles. The van der Waals surface area contributed by atoms with Crippen LogP contribution in [0.4, 0.5) is 23.2 Å². The van der Waals surface area contributed by atoms with Crippen LogP contribution in [0.1, 0.15) is 21.7 Å². The zero-order chi connectivity index (χ0) is 23.5. The van der Waals surface area contributed by atoms with E-state index in [1.807, 2.05) is 0 Å². The Labute approximate surface area is 178 Å². The highest BCUT2D eigenvalue weighted by atomic mass is 19.4. The zero-order valence-electron chi connectivity index (χ0n) is 16.4. The molecule has 0 radical (unpaired) electrons. The van der Waals surface area contributed by atoms with E-state index in [2.05, 4.69) is 15.2 Å². The molecule has 3 aromatic rings. The summed E-state index contributed by atoms with van der Waals surface area (Å²) in [4.78, 5) is 24.9. The predicted octanol–water partition coefficient (Wildman–Crippen LogP) is 3.75. The standard InChI is InChI=1S/C21H14F4N4O3/c1-12-8-17(30)19(28-29(12)16-5-3-2-4-15(16)22)20(31)27-14-6-7-18(13(9-14)10-26)32-11-21(23,24)25/h2-9H,11H2,1H3,(H,27,31). The molecule has 0 bridgehead atoms. The number of ether oxygens (including phenoxy) is 1. The Hall–Kier alpha value is -4.20. The van der Waals surface area contributed by atoms with Crippen molar-refractivity contribution in [2.24, 2.45) is 0 Å². The maximum absolute atomic E-state index is 14.1. The quantitative estimate of drug-likeness (QED) is 0.603. The van der Waals surface area contributed by atoms with E-state index in [0.29, 0.717) is 0 Å². The molecule has 0 aliphatic heterocycles. The van der Waals surface area contributed by atoms with Gasteiger partial charge in [-0.3, -0.25) is 9.59 Å². The highest BCUT2D eigenvalue weighted by molar-refractivity contribution is 6.02. The lowest BCUT2D eigenvalue weighted by Crippen LogP contribution is -2.27. The third-order valence-electron chi connectivity index (χ3n) is 4.15. The van der Waals surface area contributed by atoms with Crippen LogP contribution in [0.25, 0.3) is 5.69 Å². The van der Waals surface area contributed by atoms with Gasteiger partial charge < -0.3 is 10.1 Å². The number of aryl methyl sites for hydroxylation is 1. The first-order chi connectivity index (χ1) is 15.1. The van der Waals surface area contributed by atoms with Crippen molar-refractivity contribution in [3.05, 3.63) is 81.5 Å². The number of nitrogens with zero attached hydrogens (tertiary/aromatic N) is 3. The smallest absolute Gasteiger partial charge is 0.422 e. The molecule has 164 valence electrons. The number of benzene rings is 2. The van der Waals surface area contributed by atoms with Crippen LogP contribution in [0.2, 0.25) is 0 Å². The van der Waals surface area contributed by atoms with Crippen molar-refractivity contribution >= 4 is 11.6 Å². The maximum Gasteiger partial charge on any atom is 0.422 e. The number of halogens is 4. The van der Waals surface area contributed by atoms with Gasteiger partial charge in [-0.25, -0.2) is 9.07 Å². The van der Waals surface area contributed by atoms with Crippen LogP contribution in [-0.2, 0) is 0 Å². The average molecular weight is 446 g/mol. The van der Waals surface area contributed by atoms with Gasteiger partial charge in [0.1, 0.15) is 23.3 Å². The van der Waals surface area contributed by atoms with Crippen LogP contribution >= 0.6 is 0 Å². The summed E-state index contributed by atoms with van der Waals surface area (Å²) in [6.07, 6.45) is -4.59. The number of amides is 1. The number of hydrogen-bond acceptors (Lipinski definition) is 5. The molecule has 1 aromatic heterocycles. The Morgan fingerprint density at radius 1 is 1.22 bits per heavy atom. The summed E-state index contributed by atoms with van der Waals surface area (Å²) >= 11 is 0. The maximum atomic E-state index is 14.1. The normalized spacial score (nSPS) is 11.0. The van der Waals surface area contributed by atoms with Crippen LogP contribution in [-0.4, -0.2) is 28.5 Å². The third kappa shape index (κ3) is 5.10. The number of nitriles is 1. The fourth-order valence-corrected chi connectivity index (χ4v) is 2.74. The van der Waals surface area contributed by atoms with Crippen molar-refractivity contribution < 1.29 is 27.1 Å². The number of nitrogens with one attached hydrogen (secondary N) is 1. The third-order valence-corrected chi connectivity index (χ3v) is 4.15. The van der Waals surface area contributed by atoms with E-state index in [4.69, 9.17) is 5.26 Å². The topological polar surface area (TPSA) is 97.0 Å². The Kier molecular flexibility index (Phi) is 6.25. The van der Waals surface area contributed by atoms with E-state index in [0.717, 1.165) is 22.9 Å². The number of carbonyl (C=O) groups is 1. The molecule has 1 heterocycles. The van der Waals surface area contributed by atoms with Gasteiger partial charge >= 0.3 is 6.18 Å². The minimum Gasteiger partial charge on any atom is -0.483 e. The van der Waals surface area contributed by atoms with E-state index >= 15 is 0 Å². The fraction of sp³-hybridized carbons (Fsp3) is 0.143. The molecule has 0 aliphatic rings. The highest BCUT2D eigenvalue weighted by Gasteiger charge is 2.29.